The van der Waals surface area contributed by atoms with E-state index in [1.165, 1.54) is 0 Å². The molecule has 2 heterocycles. The van der Waals surface area contributed by atoms with Crippen LogP contribution >= 0.6 is 23.2 Å². The Balaban J connectivity index is 1.75. The Labute approximate surface area is 135 Å². The molecule has 1 saturated heterocycles. The van der Waals surface area contributed by atoms with Crippen LogP contribution in [0.4, 0.5) is 0 Å². The van der Waals surface area contributed by atoms with Crippen LogP contribution in [0.1, 0.15) is 25.0 Å². The zero-order valence-electron chi connectivity index (χ0n) is 11.8. The quantitative estimate of drug-likeness (QED) is 0.925. The first kappa shape index (κ1) is 15.5. The molecule has 4 nitrogen and oxygen atoms in total. The fourth-order valence-corrected chi connectivity index (χ4v) is 3.86. The van der Waals surface area contributed by atoms with E-state index in [2.05, 4.69) is 9.88 Å². The van der Waals surface area contributed by atoms with E-state index < -0.39 is 0 Å². The van der Waals surface area contributed by atoms with Gasteiger partial charge in [-0.3, -0.25) is 9.88 Å². The van der Waals surface area contributed by atoms with Crippen molar-refractivity contribution in [3.8, 4) is 0 Å². The van der Waals surface area contributed by atoms with Gasteiger partial charge in [-0.1, -0.05) is 29.6 Å². The molecule has 2 aliphatic rings. The number of aromatic nitrogens is 1. The van der Waals surface area contributed by atoms with Crippen molar-refractivity contribution in [3.05, 3.63) is 28.0 Å². The topological polar surface area (TPSA) is 45.6 Å². The second kappa shape index (κ2) is 6.80. The highest BCUT2D eigenvalue weighted by molar-refractivity contribution is 6.34. The Bertz CT molecular complexity index is 501. The van der Waals surface area contributed by atoms with Crippen LogP contribution < -0.4 is 0 Å². The molecule has 2 fully saturated rings. The van der Waals surface area contributed by atoms with Crippen molar-refractivity contribution in [1.29, 1.82) is 0 Å². The summed E-state index contributed by atoms with van der Waals surface area (Å²) in [5.41, 5.74) is 0.834. The molecule has 0 amide bonds. The fraction of sp³-hybridized carbons (Fsp3) is 0.667. The van der Waals surface area contributed by atoms with Crippen molar-refractivity contribution >= 4 is 23.2 Å². The minimum Gasteiger partial charge on any atom is -0.393 e. The smallest absolute Gasteiger partial charge is 0.0731 e. The lowest BCUT2D eigenvalue weighted by Crippen LogP contribution is -2.50. The molecule has 1 N–H and O–H groups in total. The van der Waals surface area contributed by atoms with Gasteiger partial charge in [0.25, 0.3) is 0 Å². The summed E-state index contributed by atoms with van der Waals surface area (Å²) in [6, 6.07) is 1.97. The molecule has 1 aromatic heterocycles. The summed E-state index contributed by atoms with van der Waals surface area (Å²) in [7, 11) is 0. The van der Waals surface area contributed by atoms with Gasteiger partial charge < -0.3 is 9.84 Å². The first-order valence-corrected chi connectivity index (χ1v) is 8.20. The Morgan fingerprint density at radius 1 is 1.38 bits per heavy atom. The maximum Gasteiger partial charge on any atom is 0.0731 e. The zero-order chi connectivity index (χ0) is 14.8. The monoisotopic (exact) mass is 330 g/mol. The van der Waals surface area contributed by atoms with Crippen molar-refractivity contribution in [2.45, 2.75) is 38.0 Å². The normalized spacial score (nSPS) is 30.7. The summed E-state index contributed by atoms with van der Waals surface area (Å²) in [6.45, 7) is 2.90. The third-order valence-corrected chi connectivity index (χ3v) is 5.08. The summed E-state index contributed by atoms with van der Waals surface area (Å²) in [6.07, 6.45) is 4.47. The molecule has 3 atom stereocenters. The average molecular weight is 331 g/mol. The molecule has 3 unspecified atom stereocenters. The Morgan fingerprint density at radius 2 is 2.24 bits per heavy atom. The summed E-state index contributed by atoms with van der Waals surface area (Å²) >= 11 is 12.1. The predicted octanol–water partition coefficient (Wildman–Crippen LogP) is 2.75. The summed E-state index contributed by atoms with van der Waals surface area (Å²) in [4.78, 5) is 6.68. The molecule has 116 valence electrons. The Kier molecular flexibility index (Phi) is 5.02. The van der Waals surface area contributed by atoms with Gasteiger partial charge in [0.1, 0.15) is 0 Å². The molecule has 0 aromatic carbocycles. The van der Waals surface area contributed by atoms with E-state index >= 15 is 0 Å². The standard InChI is InChI=1S/C15H20Cl2N2O2/c16-10-6-12(17)13(18-7-10)8-19-4-5-21-9-14(19)11-2-1-3-15(11)20/h6-7,11,14-15,20H,1-5,8-9H2. The second-order valence-corrected chi connectivity index (χ2v) is 6.70. The first-order chi connectivity index (χ1) is 10.1. The third-order valence-electron chi connectivity index (χ3n) is 4.54. The number of aliphatic hydroxyl groups excluding tert-OH is 1. The zero-order valence-corrected chi connectivity index (χ0v) is 13.4. The maximum atomic E-state index is 10.2. The largest absolute Gasteiger partial charge is 0.393 e. The minimum absolute atomic E-state index is 0.215. The van der Waals surface area contributed by atoms with Crippen molar-refractivity contribution < 1.29 is 9.84 Å². The van der Waals surface area contributed by atoms with Crippen LogP contribution in [0.5, 0.6) is 0 Å². The summed E-state index contributed by atoms with van der Waals surface area (Å²) < 4.78 is 5.63. The first-order valence-electron chi connectivity index (χ1n) is 7.45. The molecular formula is C15H20Cl2N2O2. The van der Waals surface area contributed by atoms with Crippen LogP contribution in [0.25, 0.3) is 0 Å². The lowest BCUT2D eigenvalue weighted by Gasteiger charge is -2.40. The van der Waals surface area contributed by atoms with Gasteiger partial charge in [0.2, 0.25) is 0 Å². The summed E-state index contributed by atoms with van der Waals surface area (Å²) in [5, 5.41) is 11.3. The number of hydrogen-bond acceptors (Lipinski definition) is 4. The van der Waals surface area contributed by atoms with Crippen LogP contribution in [0.3, 0.4) is 0 Å². The van der Waals surface area contributed by atoms with Crippen molar-refractivity contribution in [2.75, 3.05) is 19.8 Å². The molecule has 1 aliphatic carbocycles. The van der Waals surface area contributed by atoms with Crippen LogP contribution in [-0.2, 0) is 11.3 Å². The van der Waals surface area contributed by atoms with Gasteiger partial charge in [-0.05, 0) is 18.9 Å². The predicted molar refractivity (Wildman–Crippen MR) is 82.6 cm³/mol. The van der Waals surface area contributed by atoms with E-state index in [1.54, 1.807) is 12.3 Å². The SMILES string of the molecule is OC1CCCC1C1COCCN1Cc1ncc(Cl)cc1Cl. The van der Waals surface area contributed by atoms with E-state index in [9.17, 15) is 5.11 Å². The number of hydrogen-bond donors (Lipinski definition) is 1. The van der Waals surface area contributed by atoms with E-state index in [-0.39, 0.29) is 18.1 Å². The van der Waals surface area contributed by atoms with E-state index in [1.807, 2.05) is 0 Å². The second-order valence-electron chi connectivity index (χ2n) is 5.86. The van der Waals surface area contributed by atoms with Gasteiger partial charge in [0.15, 0.2) is 0 Å². The molecule has 1 aromatic rings. The number of rotatable bonds is 3. The van der Waals surface area contributed by atoms with E-state index in [4.69, 9.17) is 27.9 Å². The molecule has 3 rings (SSSR count). The van der Waals surface area contributed by atoms with Gasteiger partial charge in [-0.15, -0.1) is 0 Å². The molecule has 0 radical (unpaired) electrons. The van der Waals surface area contributed by atoms with Crippen molar-refractivity contribution in [2.24, 2.45) is 5.92 Å². The highest BCUT2D eigenvalue weighted by Gasteiger charge is 2.37. The van der Waals surface area contributed by atoms with Crippen molar-refractivity contribution in [3.63, 3.8) is 0 Å². The maximum absolute atomic E-state index is 10.2. The fourth-order valence-electron chi connectivity index (χ4n) is 3.42. The van der Waals surface area contributed by atoms with Gasteiger partial charge >= 0.3 is 0 Å². The van der Waals surface area contributed by atoms with Crippen molar-refractivity contribution in [1.82, 2.24) is 9.88 Å². The summed E-state index contributed by atoms with van der Waals surface area (Å²) in [5.74, 6) is 0.288. The Morgan fingerprint density at radius 3 is 2.95 bits per heavy atom. The number of halogens is 2. The van der Waals surface area contributed by atoms with Gasteiger partial charge in [0.05, 0.1) is 35.1 Å². The van der Waals surface area contributed by atoms with Crippen LogP contribution in [-0.4, -0.2) is 46.9 Å². The molecule has 0 bridgehead atoms. The molecule has 0 spiro atoms. The number of nitrogens with zero attached hydrogens (tertiary/aromatic N) is 2. The molecular weight excluding hydrogens is 311 g/mol. The number of aliphatic hydroxyl groups is 1. The van der Waals surface area contributed by atoms with Crippen LogP contribution in [0, 0.1) is 5.92 Å². The van der Waals surface area contributed by atoms with Gasteiger partial charge in [-0.2, -0.15) is 0 Å². The van der Waals surface area contributed by atoms with Crippen LogP contribution in [0.15, 0.2) is 12.3 Å². The number of pyridine rings is 1. The van der Waals surface area contributed by atoms with E-state index in [0.717, 1.165) is 31.5 Å². The Hall–Kier alpha value is -0.390. The third kappa shape index (κ3) is 3.51. The molecule has 1 saturated carbocycles. The average Bonchev–Trinajstić information content (AvgIpc) is 2.89. The number of morpholine rings is 1. The highest BCUT2D eigenvalue weighted by atomic mass is 35.5. The molecule has 6 heteroatoms. The highest BCUT2D eigenvalue weighted by Crippen LogP contribution is 2.33. The van der Waals surface area contributed by atoms with Crippen LogP contribution in [0.2, 0.25) is 10.0 Å². The minimum atomic E-state index is -0.215. The van der Waals surface area contributed by atoms with E-state index in [0.29, 0.717) is 29.8 Å². The lowest BCUT2D eigenvalue weighted by atomic mass is 9.94. The van der Waals surface area contributed by atoms with Gasteiger partial charge in [0, 0.05) is 31.2 Å². The molecule has 1 aliphatic heterocycles. The molecule has 21 heavy (non-hydrogen) atoms. The van der Waals surface area contributed by atoms with Gasteiger partial charge in [-0.25, -0.2) is 0 Å². The lowest BCUT2D eigenvalue weighted by molar-refractivity contribution is -0.0540. The number of ether oxygens (including phenoxy) is 1.